The fourth-order valence-electron chi connectivity index (χ4n) is 6.73. The minimum Gasteiger partial charge on any atom is -0.463 e. The van der Waals surface area contributed by atoms with Gasteiger partial charge < -0.3 is 39.4 Å². The Kier molecular flexibility index (Phi) is 13.3. The van der Waals surface area contributed by atoms with E-state index < -0.39 is 77.1 Å². The molecule has 1 saturated carbocycles. The lowest BCUT2D eigenvalue weighted by atomic mass is 9.86. The zero-order valence-corrected chi connectivity index (χ0v) is 32.9. The first-order valence-electron chi connectivity index (χ1n) is 18.6. The highest BCUT2D eigenvalue weighted by Gasteiger charge is 2.60. The van der Waals surface area contributed by atoms with Crippen molar-refractivity contribution in [3.63, 3.8) is 0 Å². The summed E-state index contributed by atoms with van der Waals surface area (Å²) in [5.74, 6) is -1.62. The summed E-state index contributed by atoms with van der Waals surface area (Å²) >= 11 is 0. The van der Waals surface area contributed by atoms with E-state index in [4.69, 9.17) is 23.7 Å². The molecular weight excluding hydrogens is 700 g/mol. The number of hydrogen-bond donors (Lipinski definition) is 3. The van der Waals surface area contributed by atoms with Gasteiger partial charge in [0.05, 0.1) is 5.69 Å². The number of esters is 2. The van der Waals surface area contributed by atoms with Crippen molar-refractivity contribution in [3.05, 3.63) is 24.2 Å². The van der Waals surface area contributed by atoms with Crippen LogP contribution in [0.2, 0.25) is 0 Å². The van der Waals surface area contributed by atoms with Crippen molar-refractivity contribution in [2.75, 3.05) is 18.5 Å². The number of anilines is 1. The van der Waals surface area contributed by atoms with E-state index in [-0.39, 0.29) is 29.4 Å². The van der Waals surface area contributed by atoms with E-state index in [2.05, 4.69) is 26.8 Å². The molecule has 16 heteroatoms. The Morgan fingerprint density at radius 2 is 1.74 bits per heavy atom. The van der Waals surface area contributed by atoms with Gasteiger partial charge in [0.15, 0.2) is 11.9 Å². The summed E-state index contributed by atoms with van der Waals surface area (Å²) in [5, 5.41) is 32.3. The number of nitrogens with one attached hydrogen (secondary N) is 2. The molecule has 1 saturated heterocycles. The molecule has 3 heterocycles. The Morgan fingerprint density at radius 1 is 1.07 bits per heavy atom. The molecule has 0 radical (unpaired) electrons. The van der Waals surface area contributed by atoms with Crippen LogP contribution in [-0.2, 0) is 43.7 Å². The highest BCUT2D eigenvalue weighted by atomic mass is 16.6. The number of aromatic nitrogens is 3. The zero-order chi connectivity index (χ0) is 40.1. The number of aliphatic hydroxyl groups is 1. The second-order valence-corrected chi connectivity index (χ2v) is 16.6. The van der Waals surface area contributed by atoms with Crippen LogP contribution in [0.1, 0.15) is 113 Å². The highest BCUT2D eigenvalue weighted by molar-refractivity contribution is 5.98. The van der Waals surface area contributed by atoms with Crippen molar-refractivity contribution >= 4 is 35.3 Å². The van der Waals surface area contributed by atoms with Crippen molar-refractivity contribution < 1.29 is 48.0 Å². The molecule has 2 aromatic rings. The molecule has 2 aliphatic rings. The molecule has 298 valence electrons. The first-order chi connectivity index (χ1) is 25.2. The van der Waals surface area contributed by atoms with Gasteiger partial charge in [-0.05, 0) is 77.8 Å². The van der Waals surface area contributed by atoms with Gasteiger partial charge in [0.1, 0.15) is 54.0 Å². The summed E-state index contributed by atoms with van der Waals surface area (Å²) in [6.45, 7) is 15.0. The molecule has 1 aliphatic heterocycles. The normalized spacial score (nSPS) is 23.2. The fourth-order valence-corrected chi connectivity index (χ4v) is 6.73. The first kappa shape index (κ1) is 42.4. The predicted octanol–water partition coefficient (Wildman–Crippen LogP) is 4.72. The SMILES string of the molecule is CCOC(C)(C)C(=O)Nc1ncnn2c([C@]3(C#N)O[C@H](COC(=O)CC4CCCCCC4)[C@@H](OC(=O)[C@@H](NC(=O)OC(C)(C)C)C(C)(C)C)[C@H]3O)ccc12. The van der Waals surface area contributed by atoms with Crippen LogP contribution in [0.5, 0.6) is 0 Å². The van der Waals surface area contributed by atoms with Crippen molar-refractivity contribution in [1.29, 1.82) is 5.26 Å². The molecule has 0 bridgehead atoms. The second-order valence-electron chi connectivity index (χ2n) is 16.6. The average molecular weight is 757 g/mol. The van der Waals surface area contributed by atoms with Gasteiger partial charge in [-0.1, -0.05) is 46.5 Å². The lowest BCUT2D eigenvalue weighted by Gasteiger charge is -2.32. The topological polar surface area (TPSA) is 213 Å². The number of amides is 2. The summed E-state index contributed by atoms with van der Waals surface area (Å²) in [7, 11) is 0. The van der Waals surface area contributed by atoms with E-state index in [0.717, 1.165) is 44.9 Å². The van der Waals surface area contributed by atoms with Crippen LogP contribution in [0.4, 0.5) is 10.6 Å². The van der Waals surface area contributed by atoms with Gasteiger partial charge in [-0.25, -0.2) is 19.1 Å². The van der Waals surface area contributed by atoms with E-state index in [0.29, 0.717) is 6.61 Å². The summed E-state index contributed by atoms with van der Waals surface area (Å²) < 4.78 is 30.1. The van der Waals surface area contributed by atoms with Crippen molar-refractivity contribution in [2.45, 2.75) is 148 Å². The van der Waals surface area contributed by atoms with Gasteiger partial charge in [0.2, 0.25) is 5.60 Å². The maximum absolute atomic E-state index is 13.9. The van der Waals surface area contributed by atoms with E-state index in [1.807, 2.05) is 0 Å². The van der Waals surface area contributed by atoms with Crippen LogP contribution in [0.15, 0.2) is 18.5 Å². The third kappa shape index (κ3) is 10.0. The van der Waals surface area contributed by atoms with Crippen LogP contribution in [0.3, 0.4) is 0 Å². The van der Waals surface area contributed by atoms with Gasteiger partial charge in [0, 0.05) is 13.0 Å². The van der Waals surface area contributed by atoms with Gasteiger partial charge >= 0.3 is 18.0 Å². The lowest BCUT2D eigenvalue weighted by molar-refractivity contribution is -0.164. The van der Waals surface area contributed by atoms with Crippen LogP contribution in [-0.4, -0.2) is 92.4 Å². The second kappa shape index (κ2) is 17.0. The first-order valence-corrected chi connectivity index (χ1v) is 18.6. The van der Waals surface area contributed by atoms with Crippen molar-refractivity contribution in [3.8, 4) is 6.07 Å². The average Bonchev–Trinajstić information content (AvgIpc) is 3.50. The van der Waals surface area contributed by atoms with E-state index >= 15 is 0 Å². The monoisotopic (exact) mass is 756 g/mol. The van der Waals surface area contributed by atoms with E-state index in [1.165, 1.54) is 16.6 Å². The van der Waals surface area contributed by atoms with Gasteiger partial charge in [-0.2, -0.15) is 10.4 Å². The summed E-state index contributed by atoms with van der Waals surface area (Å²) in [6, 6.07) is 3.80. The lowest BCUT2D eigenvalue weighted by Crippen LogP contribution is -2.53. The Bertz CT molecular complexity index is 1700. The van der Waals surface area contributed by atoms with Crippen LogP contribution < -0.4 is 10.6 Å². The number of fused-ring (bicyclic) bond motifs is 1. The Balaban J connectivity index is 1.68. The molecule has 2 fully saturated rings. The van der Waals surface area contributed by atoms with E-state index in [1.54, 1.807) is 62.3 Å². The number of nitrogens with zero attached hydrogens (tertiary/aromatic N) is 4. The van der Waals surface area contributed by atoms with E-state index in [9.17, 15) is 29.5 Å². The number of ether oxygens (including phenoxy) is 5. The summed E-state index contributed by atoms with van der Waals surface area (Å²) in [6.07, 6.45) is 1.94. The number of carbonyl (C=O) groups is 4. The number of carbonyl (C=O) groups excluding carboxylic acids is 4. The molecule has 0 aromatic carbocycles. The fraction of sp³-hybridized carbons (Fsp3) is 0.711. The molecule has 0 unspecified atom stereocenters. The maximum Gasteiger partial charge on any atom is 0.408 e. The number of hydrogen-bond acceptors (Lipinski definition) is 13. The number of nitriles is 1. The number of aliphatic hydroxyl groups excluding tert-OH is 1. The highest BCUT2D eigenvalue weighted by Crippen LogP contribution is 2.42. The quantitative estimate of drug-likeness (QED) is 0.152. The molecule has 4 rings (SSSR count). The third-order valence-corrected chi connectivity index (χ3v) is 9.57. The minimum atomic E-state index is -2.22. The molecule has 54 heavy (non-hydrogen) atoms. The van der Waals surface area contributed by atoms with Crippen LogP contribution >= 0.6 is 0 Å². The Morgan fingerprint density at radius 3 is 2.33 bits per heavy atom. The van der Waals surface area contributed by atoms with Gasteiger partial charge in [0.25, 0.3) is 5.91 Å². The van der Waals surface area contributed by atoms with Crippen molar-refractivity contribution in [2.24, 2.45) is 11.3 Å². The smallest absolute Gasteiger partial charge is 0.408 e. The molecule has 1 aliphatic carbocycles. The largest absolute Gasteiger partial charge is 0.463 e. The Hall–Kier alpha value is -4.33. The third-order valence-electron chi connectivity index (χ3n) is 9.57. The van der Waals surface area contributed by atoms with Gasteiger partial charge in [-0.15, -0.1) is 0 Å². The van der Waals surface area contributed by atoms with Crippen molar-refractivity contribution in [1.82, 2.24) is 19.9 Å². The van der Waals surface area contributed by atoms with Gasteiger partial charge in [-0.3, -0.25) is 9.59 Å². The molecular formula is C38H56N6O10. The molecule has 5 atom stereocenters. The standard InChI is InChI=1S/C38H56N6O10/c1-10-51-37(8,9)33(48)43-31-24-17-18-26(44(24)41-22-40-31)38(21-39)30(46)28(25(53-38)20-50-27(45)19-23-15-13-11-12-14-16-23)52-32(47)29(35(2,3)4)42-34(49)54-36(5,6)7/h17-18,22-23,25,28-30,46H,10-16,19-20H2,1-9H3,(H,42,49)(H,40,41,43,48)/t25-,28-,29-,30-,38+/m1/s1. The van der Waals surface area contributed by atoms with Crippen LogP contribution in [0, 0.1) is 22.7 Å². The summed E-state index contributed by atoms with van der Waals surface area (Å²) in [4.78, 5) is 57.1. The molecule has 3 N–H and O–H groups in total. The Labute approximate surface area is 316 Å². The number of rotatable bonds is 12. The number of alkyl carbamates (subject to hydrolysis) is 1. The molecule has 2 aromatic heterocycles. The minimum absolute atomic E-state index is 0.0297. The summed E-state index contributed by atoms with van der Waals surface area (Å²) in [5.41, 5.74) is -4.85. The zero-order valence-electron chi connectivity index (χ0n) is 32.9. The van der Waals surface area contributed by atoms with Crippen LogP contribution in [0.25, 0.3) is 5.52 Å². The molecule has 2 amide bonds. The predicted molar refractivity (Wildman–Crippen MR) is 195 cm³/mol. The maximum atomic E-state index is 13.9. The molecule has 0 spiro atoms. The molecule has 16 nitrogen and oxygen atoms in total.